The molecule has 2 aromatic heterocycles. The highest BCUT2D eigenvalue weighted by Gasteiger charge is 2.25. The number of piperidine rings is 1. The van der Waals surface area contributed by atoms with Crippen LogP contribution in [0.15, 0.2) is 36.2 Å². The molecule has 1 saturated heterocycles. The smallest absolute Gasteiger partial charge is 0.293 e. The van der Waals surface area contributed by atoms with Crippen LogP contribution in [0.5, 0.6) is 0 Å². The predicted octanol–water partition coefficient (Wildman–Crippen LogP) is 4.57. The molecule has 0 aliphatic carbocycles. The third-order valence-electron chi connectivity index (χ3n) is 5.69. The Morgan fingerprint density at radius 1 is 1.50 bits per heavy atom. The van der Waals surface area contributed by atoms with Gasteiger partial charge in [-0.25, -0.2) is 4.98 Å². The van der Waals surface area contributed by atoms with E-state index in [0.717, 1.165) is 31.6 Å². The number of thiazole rings is 1. The summed E-state index contributed by atoms with van der Waals surface area (Å²) < 4.78 is 2.33. The van der Waals surface area contributed by atoms with Crippen LogP contribution in [0.3, 0.4) is 0 Å². The Bertz CT molecular complexity index is 1280. The Morgan fingerprint density at radius 3 is 3.06 bits per heavy atom. The molecule has 1 aliphatic rings. The number of H-pyrrole nitrogens is 1. The molecule has 0 saturated carbocycles. The van der Waals surface area contributed by atoms with Crippen molar-refractivity contribution in [2.24, 2.45) is 5.92 Å². The summed E-state index contributed by atoms with van der Waals surface area (Å²) in [6, 6.07) is 4.63. The first kappa shape index (κ1) is 23.8. The number of nitro groups is 1. The van der Waals surface area contributed by atoms with E-state index in [2.05, 4.69) is 34.0 Å². The number of aromatic amines is 1. The van der Waals surface area contributed by atoms with Gasteiger partial charge in [-0.1, -0.05) is 13.0 Å². The number of rotatable bonds is 8. The molecule has 1 fully saturated rings. The molecule has 0 bridgehead atoms. The summed E-state index contributed by atoms with van der Waals surface area (Å²) in [7, 11) is 0. The zero-order chi connectivity index (χ0) is 24.2. The van der Waals surface area contributed by atoms with E-state index in [9.17, 15) is 14.9 Å². The van der Waals surface area contributed by atoms with Crippen LogP contribution in [0.4, 0.5) is 16.5 Å². The minimum Gasteiger partial charge on any atom is -0.366 e. The van der Waals surface area contributed by atoms with Crippen molar-refractivity contribution in [2.75, 3.05) is 23.3 Å². The lowest BCUT2D eigenvalue weighted by Gasteiger charge is -2.32. The maximum atomic E-state index is 12.8. The molecule has 10 nitrogen and oxygen atoms in total. The standard InChI is InChI=1S/C22H25N7O3S2/c1-3-8-28-19(25-26-22(28)33)11-16-13-34-21(23-16)24-20(30)15-6-7-17(18(10-15)29(31)32)27-9-4-5-14(2)12-27/h3,6-7,10,13-14H,1,4-5,8-9,11-12H2,2H3,(H,26,33)(H,23,24,30)/t14-/m1/s1. The third-order valence-corrected chi connectivity index (χ3v) is 6.81. The fraction of sp³-hybridized carbons (Fsp3) is 0.364. The number of nitro benzene ring substituents is 1. The topological polar surface area (TPSA) is 122 Å². The van der Waals surface area contributed by atoms with Crippen LogP contribution < -0.4 is 10.2 Å². The Hall–Kier alpha value is -3.38. The van der Waals surface area contributed by atoms with Crippen molar-refractivity contribution < 1.29 is 9.72 Å². The van der Waals surface area contributed by atoms with E-state index in [1.54, 1.807) is 18.2 Å². The van der Waals surface area contributed by atoms with E-state index >= 15 is 0 Å². The fourth-order valence-corrected chi connectivity index (χ4v) is 5.00. The summed E-state index contributed by atoms with van der Waals surface area (Å²) in [6.45, 7) is 7.94. The maximum Gasteiger partial charge on any atom is 0.293 e. The highest BCUT2D eigenvalue weighted by Crippen LogP contribution is 2.32. The Morgan fingerprint density at radius 2 is 2.32 bits per heavy atom. The largest absolute Gasteiger partial charge is 0.366 e. The first-order valence-electron chi connectivity index (χ1n) is 10.9. The van der Waals surface area contributed by atoms with E-state index in [4.69, 9.17) is 12.2 Å². The number of nitrogens with one attached hydrogen (secondary N) is 2. The molecule has 1 amide bonds. The molecule has 12 heteroatoms. The van der Waals surface area contributed by atoms with Crippen molar-refractivity contribution in [3.8, 4) is 0 Å². The molecule has 1 atom stereocenters. The van der Waals surface area contributed by atoms with E-state index in [1.807, 2.05) is 14.8 Å². The number of aromatic nitrogens is 4. The van der Waals surface area contributed by atoms with Crippen LogP contribution >= 0.6 is 23.6 Å². The highest BCUT2D eigenvalue weighted by atomic mass is 32.1. The molecule has 0 unspecified atom stereocenters. The summed E-state index contributed by atoms with van der Waals surface area (Å²) in [5, 5.41) is 23.7. The molecule has 1 aromatic carbocycles. The Labute approximate surface area is 205 Å². The first-order valence-corrected chi connectivity index (χ1v) is 12.2. The van der Waals surface area contributed by atoms with Gasteiger partial charge in [0.1, 0.15) is 11.5 Å². The second-order valence-electron chi connectivity index (χ2n) is 8.27. The van der Waals surface area contributed by atoms with Gasteiger partial charge in [0.05, 0.1) is 17.0 Å². The Kier molecular flexibility index (Phi) is 7.17. The average Bonchev–Trinajstić information content (AvgIpc) is 3.40. The number of hydrogen-bond donors (Lipinski definition) is 2. The third kappa shape index (κ3) is 5.23. The van der Waals surface area contributed by atoms with Gasteiger partial charge in [0, 0.05) is 36.6 Å². The van der Waals surface area contributed by atoms with Gasteiger partial charge in [-0.15, -0.1) is 17.9 Å². The van der Waals surface area contributed by atoms with Gasteiger partial charge in [0.2, 0.25) is 0 Å². The first-order chi connectivity index (χ1) is 16.4. The van der Waals surface area contributed by atoms with E-state index in [-0.39, 0.29) is 11.3 Å². The lowest BCUT2D eigenvalue weighted by Crippen LogP contribution is -2.34. The van der Waals surface area contributed by atoms with Gasteiger partial charge < -0.3 is 4.90 Å². The van der Waals surface area contributed by atoms with Crippen LogP contribution in [0.2, 0.25) is 0 Å². The van der Waals surface area contributed by atoms with Gasteiger partial charge in [-0.05, 0) is 43.1 Å². The SMILES string of the molecule is C=CCn1c(Cc2csc(NC(=O)c3ccc(N4CCC[C@@H](C)C4)c([N+](=O)[O-])c3)n2)n[nH]c1=S. The van der Waals surface area contributed by atoms with Gasteiger partial charge in [-0.3, -0.25) is 29.9 Å². The van der Waals surface area contributed by atoms with Crippen molar-refractivity contribution in [1.82, 2.24) is 19.7 Å². The van der Waals surface area contributed by atoms with E-state index in [0.29, 0.717) is 40.3 Å². The van der Waals surface area contributed by atoms with Crippen molar-refractivity contribution in [2.45, 2.75) is 32.7 Å². The lowest BCUT2D eigenvalue weighted by molar-refractivity contribution is -0.384. The molecule has 0 radical (unpaired) electrons. The number of amides is 1. The average molecular weight is 500 g/mol. The number of carbonyl (C=O) groups excluding carboxylic acids is 1. The zero-order valence-electron chi connectivity index (χ0n) is 18.7. The number of carbonyl (C=O) groups is 1. The van der Waals surface area contributed by atoms with Crippen LogP contribution in [0, 0.1) is 20.8 Å². The summed E-state index contributed by atoms with van der Waals surface area (Å²) in [5.41, 5.74) is 1.42. The number of hydrogen-bond acceptors (Lipinski definition) is 8. The van der Waals surface area contributed by atoms with E-state index in [1.165, 1.54) is 17.4 Å². The Balaban J connectivity index is 1.48. The molecular formula is C22H25N7O3S2. The van der Waals surface area contributed by atoms with E-state index < -0.39 is 10.8 Å². The van der Waals surface area contributed by atoms with Gasteiger partial charge >= 0.3 is 0 Å². The molecule has 0 spiro atoms. The summed E-state index contributed by atoms with van der Waals surface area (Å²) in [6.07, 6.45) is 4.27. The zero-order valence-corrected chi connectivity index (χ0v) is 20.3. The fourth-order valence-electron chi connectivity index (χ4n) is 4.07. The minimum atomic E-state index is -0.447. The van der Waals surface area contributed by atoms with Crippen molar-refractivity contribution >= 4 is 46.0 Å². The quantitative estimate of drug-likeness (QED) is 0.201. The van der Waals surface area contributed by atoms with Gasteiger partial charge in [-0.2, -0.15) is 5.10 Å². The molecule has 3 heterocycles. The molecule has 4 rings (SSSR count). The molecule has 2 N–H and O–H groups in total. The lowest BCUT2D eigenvalue weighted by atomic mass is 9.99. The molecule has 34 heavy (non-hydrogen) atoms. The summed E-state index contributed by atoms with van der Waals surface area (Å²) in [4.78, 5) is 30.6. The number of allylic oxidation sites excluding steroid dienone is 1. The molecule has 178 valence electrons. The number of benzene rings is 1. The van der Waals surface area contributed by atoms with Crippen LogP contribution in [-0.4, -0.2) is 43.7 Å². The number of anilines is 2. The minimum absolute atomic E-state index is 0.0633. The van der Waals surface area contributed by atoms with Crippen LogP contribution in [0.25, 0.3) is 0 Å². The number of nitrogens with zero attached hydrogens (tertiary/aromatic N) is 5. The molecule has 3 aromatic rings. The van der Waals surface area contributed by atoms with Crippen LogP contribution in [-0.2, 0) is 13.0 Å². The van der Waals surface area contributed by atoms with Crippen molar-refractivity contribution in [3.05, 3.63) is 68.2 Å². The maximum absolute atomic E-state index is 12.8. The second-order valence-corrected chi connectivity index (χ2v) is 9.52. The second kappa shape index (κ2) is 10.3. The molecular weight excluding hydrogens is 474 g/mol. The van der Waals surface area contributed by atoms with Crippen molar-refractivity contribution in [3.63, 3.8) is 0 Å². The monoisotopic (exact) mass is 499 g/mol. The normalized spacial score (nSPS) is 15.8. The molecule has 1 aliphatic heterocycles. The van der Waals surface area contributed by atoms with Crippen LogP contribution in [0.1, 0.15) is 41.6 Å². The summed E-state index contributed by atoms with van der Waals surface area (Å²) >= 11 is 6.50. The summed E-state index contributed by atoms with van der Waals surface area (Å²) in [5.74, 6) is 0.740. The van der Waals surface area contributed by atoms with Gasteiger partial charge in [0.25, 0.3) is 11.6 Å². The predicted molar refractivity (Wildman–Crippen MR) is 134 cm³/mol. The van der Waals surface area contributed by atoms with Gasteiger partial charge in [0.15, 0.2) is 9.90 Å². The van der Waals surface area contributed by atoms with Crippen molar-refractivity contribution in [1.29, 1.82) is 0 Å². The highest BCUT2D eigenvalue weighted by molar-refractivity contribution is 7.71.